The normalized spacial score (nSPS) is 17.7. The summed E-state index contributed by atoms with van der Waals surface area (Å²) >= 11 is 6.07. The van der Waals surface area contributed by atoms with Crippen LogP contribution in [0, 0.1) is 0 Å². The van der Waals surface area contributed by atoms with Gasteiger partial charge in [0.1, 0.15) is 11.3 Å². The molecule has 0 saturated carbocycles. The number of piperidine rings is 1. The van der Waals surface area contributed by atoms with Gasteiger partial charge in [-0.05, 0) is 44.5 Å². The largest absolute Gasteiger partial charge is 0.463 e. The van der Waals surface area contributed by atoms with E-state index in [-0.39, 0.29) is 18.6 Å². The first-order chi connectivity index (χ1) is 10.5. The maximum Gasteiger partial charge on any atom is 0.166 e. The molecule has 1 aliphatic heterocycles. The number of nitrogens with two attached hydrogens (primary N) is 1. The molecule has 2 aromatic rings. The summed E-state index contributed by atoms with van der Waals surface area (Å²) in [7, 11) is 0. The predicted octanol–water partition coefficient (Wildman–Crippen LogP) is 3.72. The molecule has 1 fully saturated rings. The van der Waals surface area contributed by atoms with Gasteiger partial charge in [-0.2, -0.15) is 0 Å². The molecule has 1 aliphatic rings. The Morgan fingerprint density at radius 2 is 2.18 bits per heavy atom. The van der Waals surface area contributed by atoms with E-state index in [9.17, 15) is 9.18 Å². The fourth-order valence-corrected chi connectivity index (χ4v) is 3.14. The van der Waals surface area contributed by atoms with Gasteiger partial charge < -0.3 is 15.5 Å². The van der Waals surface area contributed by atoms with Crippen LogP contribution < -0.4 is 11.1 Å². The Morgan fingerprint density at radius 1 is 1.45 bits per heavy atom. The molecule has 0 bridgehead atoms. The molecule has 0 unspecified atom stereocenters. The van der Waals surface area contributed by atoms with Gasteiger partial charge in [0.25, 0.3) is 0 Å². The number of Topliss-reactive ketones (excluding diaryl/α,β-unsaturated/α-hetero) is 1. The monoisotopic (exact) mass is 324 g/mol. The first-order valence-electron chi connectivity index (χ1n) is 7.38. The van der Waals surface area contributed by atoms with Gasteiger partial charge in [0.2, 0.25) is 0 Å². The number of halogens is 2. The van der Waals surface area contributed by atoms with Gasteiger partial charge in [0, 0.05) is 11.8 Å². The Hall–Kier alpha value is -1.59. The molecule has 3 N–H and O–H groups in total. The highest BCUT2D eigenvalue weighted by atomic mass is 35.5. The Kier molecular flexibility index (Phi) is 4.10. The SMILES string of the molecule is Nc1c(Cl)cc(C(=O)CCC2(F)CCNCC2)c2occc12. The number of fused-ring (bicyclic) bond motifs is 1. The lowest BCUT2D eigenvalue weighted by Gasteiger charge is -2.29. The number of furan rings is 1. The fraction of sp³-hybridized carbons (Fsp3) is 0.438. The van der Waals surface area contributed by atoms with Crippen molar-refractivity contribution in [1.82, 2.24) is 5.32 Å². The second-order valence-corrected chi connectivity index (χ2v) is 6.21. The second-order valence-electron chi connectivity index (χ2n) is 5.81. The Bertz CT molecular complexity index is 707. The van der Waals surface area contributed by atoms with Crippen molar-refractivity contribution in [3.8, 4) is 0 Å². The van der Waals surface area contributed by atoms with E-state index in [1.165, 1.54) is 12.3 Å². The maximum absolute atomic E-state index is 14.6. The summed E-state index contributed by atoms with van der Waals surface area (Å²) in [5.41, 5.74) is 5.79. The molecule has 2 heterocycles. The lowest BCUT2D eigenvalue weighted by Crippen LogP contribution is -2.38. The topological polar surface area (TPSA) is 68.3 Å². The first kappa shape index (κ1) is 15.3. The summed E-state index contributed by atoms with van der Waals surface area (Å²) in [5, 5.41) is 4.05. The molecule has 22 heavy (non-hydrogen) atoms. The highest BCUT2D eigenvalue weighted by Crippen LogP contribution is 2.34. The number of ketones is 1. The standard InChI is InChI=1S/C16H18ClFN2O2/c17-12-9-11(15-10(14(12)19)2-8-22-15)13(21)1-3-16(18)4-6-20-7-5-16/h2,8-9,20H,1,3-7,19H2. The molecule has 6 heteroatoms. The summed E-state index contributed by atoms with van der Waals surface area (Å²) < 4.78 is 19.9. The zero-order valence-corrected chi connectivity index (χ0v) is 12.9. The number of alkyl halides is 1. The van der Waals surface area contributed by atoms with E-state index in [2.05, 4.69) is 5.32 Å². The summed E-state index contributed by atoms with van der Waals surface area (Å²) in [5.74, 6) is -0.169. The molecule has 3 rings (SSSR count). The number of hydrogen-bond acceptors (Lipinski definition) is 4. The minimum atomic E-state index is -1.26. The Labute approximate surface area is 132 Å². The third-order valence-corrected chi connectivity index (χ3v) is 4.64. The summed E-state index contributed by atoms with van der Waals surface area (Å²) in [6.07, 6.45) is 2.71. The van der Waals surface area contributed by atoms with Crippen LogP contribution in [0.4, 0.5) is 10.1 Å². The van der Waals surface area contributed by atoms with Crippen LogP contribution in [-0.4, -0.2) is 24.5 Å². The van der Waals surface area contributed by atoms with Crippen LogP contribution in [0.3, 0.4) is 0 Å². The van der Waals surface area contributed by atoms with Gasteiger partial charge in [-0.25, -0.2) is 4.39 Å². The number of carbonyl (C=O) groups is 1. The van der Waals surface area contributed by atoms with Gasteiger partial charge in [-0.15, -0.1) is 0 Å². The molecule has 0 atom stereocenters. The van der Waals surface area contributed by atoms with E-state index in [0.717, 1.165) is 0 Å². The molecule has 118 valence electrons. The highest BCUT2D eigenvalue weighted by Gasteiger charge is 2.32. The molecule has 4 nitrogen and oxygen atoms in total. The third-order valence-electron chi connectivity index (χ3n) is 4.33. The second kappa shape index (κ2) is 5.89. The number of hydrogen-bond donors (Lipinski definition) is 2. The highest BCUT2D eigenvalue weighted by molar-refractivity contribution is 6.35. The van der Waals surface area contributed by atoms with Crippen molar-refractivity contribution < 1.29 is 13.6 Å². The zero-order chi connectivity index (χ0) is 15.7. The Balaban J connectivity index is 1.81. The molecule has 0 aliphatic carbocycles. The van der Waals surface area contributed by atoms with Crippen molar-refractivity contribution in [2.75, 3.05) is 18.8 Å². The lowest BCUT2D eigenvalue weighted by molar-refractivity contribution is 0.0829. The molecule has 1 saturated heterocycles. The van der Waals surface area contributed by atoms with Crippen LogP contribution in [0.25, 0.3) is 11.0 Å². The van der Waals surface area contributed by atoms with Crippen LogP contribution in [-0.2, 0) is 0 Å². The predicted molar refractivity (Wildman–Crippen MR) is 85.1 cm³/mol. The fourth-order valence-electron chi connectivity index (χ4n) is 2.93. The van der Waals surface area contributed by atoms with Gasteiger partial charge in [0.05, 0.1) is 22.5 Å². The minimum absolute atomic E-state index is 0.131. The van der Waals surface area contributed by atoms with E-state index in [1.807, 2.05) is 0 Å². The molecule has 1 aromatic carbocycles. The van der Waals surface area contributed by atoms with E-state index >= 15 is 0 Å². The van der Waals surface area contributed by atoms with Gasteiger partial charge in [-0.1, -0.05) is 11.6 Å². The molecule has 0 spiro atoms. The Morgan fingerprint density at radius 3 is 2.91 bits per heavy atom. The number of rotatable bonds is 4. The van der Waals surface area contributed by atoms with Crippen molar-refractivity contribution in [2.45, 2.75) is 31.4 Å². The summed E-state index contributed by atoms with van der Waals surface area (Å²) in [6.45, 7) is 1.31. The van der Waals surface area contributed by atoms with E-state index in [4.69, 9.17) is 21.8 Å². The van der Waals surface area contributed by atoms with Gasteiger partial charge in [-0.3, -0.25) is 4.79 Å². The lowest BCUT2D eigenvalue weighted by atomic mass is 9.88. The number of anilines is 1. The quantitative estimate of drug-likeness (QED) is 0.664. The number of benzene rings is 1. The van der Waals surface area contributed by atoms with Gasteiger partial charge in [0.15, 0.2) is 5.78 Å². The van der Waals surface area contributed by atoms with Crippen LogP contribution in [0.5, 0.6) is 0 Å². The molecule has 0 amide bonds. The first-order valence-corrected chi connectivity index (χ1v) is 7.76. The number of nitrogens with one attached hydrogen (secondary N) is 1. The average molecular weight is 325 g/mol. The van der Waals surface area contributed by atoms with Crippen LogP contribution in [0.15, 0.2) is 22.8 Å². The summed E-state index contributed by atoms with van der Waals surface area (Å²) in [4.78, 5) is 12.5. The molecular weight excluding hydrogens is 307 g/mol. The van der Waals surface area contributed by atoms with Crippen molar-refractivity contribution in [1.29, 1.82) is 0 Å². The maximum atomic E-state index is 14.6. The van der Waals surface area contributed by atoms with Crippen LogP contribution in [0.2, 0.25) is 5.02 Å². The van der Waals surface area contributed by atoms with E-state index in [1.54, 1.807) is 6.07 Å². The van der Waals surface area contributed by atoms with E-state index < -0.39 is 5.67 Å². The smallest absolute Gasteiger partial charge is 0.166 e. The number of nitrogen functional groups attached to an aromatic ring is 1. The van der Waals surface area contributed by atoms with Crippen LogP contribution >= 0.6 is 11.6 Å². The third kappa shape index (κ3) is 2.83. The molecule has 1 aromatic heterocycles. The molecular formula is C16H18ClFN2O2. The zero-order valence-electron chi connectivity index (χ0n) is 12.1. The molecule has 0 radical (unpaired) electrons. The van der Waals surface area contributed by atoms with Crippen molar-refractivity contribution in [2.24, 2.45) is 0 Å². The van der Waals surface area contributed by atoms with Gasteiger partial charge >= 0.3 is 0 Å². The minimum Gasteiger partial charge on any atom is -0.463 e. The number of carbonyl (C=O) groups excluding carboxylic acids is 1. The van der Waals surface area contributed by atoms with Crippen LogP contribution in [0.1, 0.15) is 36.0 Å². The van der Waals surface area contributed by atoms with Crippen molar-refractivity contribution in [3.05, 3.63) is 29.0 Å². The van der Waals surface area contributed by atoms with Crippen molar-refractivity contribution in [3.63, 3.8) is 0 Å². The average Bonchev–Trinajstić information content (AvgIpc) is 2.99. The summed E-state index contributed by atoms with van der Waals surface area (Å²) in [6, 6.07) is 3.19. The van der Waals surface area contributed by atoms with E-state index in [0.29, 0.717) is 53.2 Å². The van der Waals surface area contributed by atoms with Crippen molar-refractivity contribution >= 4 is 34.0 Å².